The van der Waals surface area contributed by atoms with Crippen molar-refractivity contribution in [1.29, 1.82) is 0 Å². The molecule has 0 fully saturated rings. The topological polar surface area (TPSA) is 102 Å². The molecule has 62 heavy (non-hydrogen) atoms. The monoisotopic (exact) mass is 872 g/mol. The van der Waals surface area contributed by atoms with Gasteiger partial charge in [0.05, 0.1) is 40.3 Å². The molecule has 0 aliphatic heterocycles. The largest absolute Gasteiger partial charge is 0.544 e. The third-order valence-corrected chi connectivity index (χ3v) is 11.5. The molecule has 0 saturated carbocycles. The smallest absolute Gasteiger partial charge is 0.306 e. The number of carboxylic acids is 1. The normalized spacial score (nSPS) is 13.2. The van der Waals surface area contributed by atoms with Crippen LogP contribution in [0.1, 0.15) is 226 Å². The number of carboxylic acid groups (broad SMARTS) is 1. The Balaban J connectivity index is 4.30. The van der Waals surface area contributed by atoms with Gasteiger partial charge in [0.25, 0.3) is 0 Å². The van der Waals surface area contributed by atoms with Crippen molar-refractivity contribution >= 4 is 17.9 Å². The van der Waals surface area contributed by atoms with Crippen LogP contribution in [0.4, 0.5) is 0 Å². The molecule has 8 nitrogen and oxygen atoms in total. The Hall–Kier alpha value is -2.71. The van der Waals surface area contributed by atoms with Crippen molar-refractivity contribution in [3.63, 3.8) is 0 Å². The molecule has 2 atom stereocenters. The van der Waals surface area contributed by atoms with Crippen molar-refractivity contribution in [3.05, 3.63) is 48.6 Å². The highest BCUT2D eigenvalue weighted by atomic mass is 16.6. The van der Waals surface area contributed by atoms with Gasteiger partial charge >= 0.3 is 11.9 Å². The van der Waals surface area contributed by atoms with E-state index in [1.54, 1.807) is 21.1 Å². The van der Waals surface area contributed by atoms with Crippen LogP contribution < -0.4 is 5.11 Å². The summed E-state index contributed by atoms with van der Waals surface area (Å²) in [7, 11) is 5.40. The second-order valence-corrected chi connectivity index (χ2v) is 18.4. The number of hydrogen-bond acceptors (Lipinski definition) is 7. The van der Waals surface area contributed by atoms with Gasteiger partial charge in [0.2, 0.25) is 0 Å². The molecular weight excluding hydrogens is 775 g/mol. The van der Waals surface area contributed by atoms with E-state index in [4.69, 9.17) is 14.2 Å². The third-order valence-electron chi connectivity index (χ3n) is 11.5. The molecule has 0 aliphatic rings. The Morgan fingerprint density at radius 3 is 1.35 bits per heavy atom. The molecular formula is C54H97NO7. The molecule has 8 heteroatoms. The lowest BCUT2D eigenvalue weighted by Crippen LogP contribution is -2.55. The van der Waals surface area contributed by atoms with E-state index < -0.39 is 18.1 Å². The lowest BCUT2D eigenvalue weighted by molar-refractivity contribution is -0.889. The number of quaternary nitrogens is 1. The maximum Gasteiger partial charge on any atom is 0.306 e. The summed E-state index contributed by atoms with van der Waals surface area (Å²) in [5.74, 6) is -1.77. The first-order valence-corrected chi connectivity index (χ1v) is 25.7. The van der Waals surface area contributed by atoms with Gasteiger partial charge in [0.15, 0.2) is 6.10 Å². The second kappa shape index (κ2) is 44.9. The van der Waals surface area contributed by atoms with Crippen molar-refractivity contribution < 1.29 is 38.2 Å². The highest BCUT2D eigenvalue weighted by Crippen LogP contribution is 2.14. The van der Waals surface area contributed by atoms with Crippen LogP contribution in [0.15, 0.2) is 48.6 Å². The summed E-state index contributed by atoms with van der Waals surface area (Å²) < 4.78 is 17.2. The van der Waals surface area contributed by atoms with E-state index in [9.17, 15) is 19.5 Å². The zero-order valence-corrected chi connectivity index (χ0v) is 41.0. The Bertz CT molecular complexity index is 1150. The average Bonchev–Trinajstić information content (AvgIpc) is 3.23. The zero-order valence-electron chi connectivity index (χ0n) is 41.0. The van der Waals surface area contributed by atoms with E-state index in [1.807, 2.05) is 0 Å². The van der Waals surface area contributed by atoms with Crippen LogP contribution in [0.5, 0.6) is 0 Å². The van der Waals surface area contributed by atoms with Crippen molar-refractivity contribution in [3.8, 4) is 0 Å². The maximum atomic E-state index is 12.8. The third kappa shape index (κ3) is 42.6. The fourth-order valence-corrected chi connectivity index (χ4v) is 7.45. The van der Waals surface area contributed by atoms with Crippen LogP contribution in [-0.2, 0) is 28.6 Å². The number of carbonyl (C=O) groups excluding carboxylic acids is 3. The number of ether oxygens (including phenoxy) is 3. The predicted octanol–water partition coefficient (Wildman–Crippen LogP) is 13.4. The molecule has 0 bridgehead atoms. The summed E-state index contributed by atoms with van der Waals surface area (Å²) in [5, 5.41) is 11.7. The van der Waals surface area contributed by atoms with E-state index in [2.05, 4.69) is 62.5 Å². The molecule has 0 saturated heterocycles. The summed E-state index contributed by atoms with van der Waals surface area (Å²) in [6, 6.07) is -0.732. The van der Waals surface area contributed by atoms with Crippen LogP contribution in [0.25, 0.3) is 0 Å². The van der Waals surface area contributed by atoms with Gasteiger partial charge in [-0.3, -0.25) is 9.59 Å². The van der Waals surface area contributed by atoms with Gasteiger partial charge in [0, 0.05) is 19.3 Å². The number of nitrogens with zero attached hydrogens (tertiary/aromatic N) is 1. The van der Waals surface area contributed by atoms with Crippen LogP contribution in [0.3, 0.4) is 0 Å². The van der Waals surface area contributed by atoms with E-state index in [0.717, 1.165) is 64.2 Å². The van der Waals surface area contributed by atoms with Crippen LogP contribution in [0.2, 0.25) is 0 Å². The molecule has 0 N–H and O–H groups in total. The van der Waals surface area contributed by atoms with Gasteiger partial charge in [0.1, 0.15) is 12.6 Å². The summed E-state index contributed by atoms with van der Waals surface area (Å²) in [4.78, 5) is 37.0. The van der Waals surface area contributed by atoms with Gasteiger partial charge in [-0.05, 0) is 70.6 Å². The molecule has 0 aromatic heterocycles. The lowest BCUT2D eigenvalue weighted by Gasteiger charge is -2.34. The number of rotatable bonds is 46. The summed E-state index contributed by atoms with van der Waals surface area (Å²) >= 11 is 0. The summed E-state index contributed by atoms with van der Waals surface area (Å²) in [6.45, 7) is 4.64. The molecule has 0 heterocycles. The molecule has 0 aromatic rings. The van der Waals surface area contributed by atoms with Gasteiger partial charge in [-0.15, -0.1) is 0 Å². The fourth-order valence-electron chi connectivity index (χ4n) is 7.45. The van der Waals surface area contributed by atoms with E-state index in [1.165, 1.54) is 128 Å². The van der Waals surface area contributed by atoms with E-state index in [0.29, 0.717) is 12.8 Å². The van der Waals surface area contributed by atoms with Crippen LogP contribution >= 0.6 is 0 Å². The second-order valence-electron chi connectivity index (χ2n) is 18.4. The first-order valence-electron chi connectivity index (χ1n) is 25.7. The van der Waals surface area contributed by atoms with Crippen LogP contribution in [0, 0.1) is 0 Å². The minimum atomic E-state index is -1.13. The maximum absolute atomic E-state index is 12.8. The molecule has 360 valence electrons. The first-order chi connectivity index (χ1) is 30.1. The van der Waals surface area contributed by atoms with E-state index in [-0.39, 0.29) is 42.7 Å². The van der Waals surface area contributed by atoms with Gasteiger partial charge in [-0.2, -0.15) is 0 Å². The summed E-state index contributed by atoms with van der Waals surface area (Å²) in [5.41, 5.74) is 0. The Kier molecular flexibility index (Phi) is 42.9. The Morgan fingerprint density at radius 1 is 0.500 bits per heavy atom. The highest BCUT2D eigenvalue weighted by molar-refractivity contribution is 5.70. The van der Waals surface area contributed by atoms with E-state index >= 15 is 0 Å². The highest BCUT2D eigenvalue weighted by Gasteiger charge is 2.25. The molecule has 0 rings (SSSR count). The standard InChI is InChI=1S/C54H97NO7/c1-6-8-10-12-14-16-18-20-22-24-25-26-27-28-29-31-33-35-37-39-41-43-45-53(57)62-50(48-60-47-46-51(54(58)59)55(3,4)5)49-61-52(56)44-42-40-38-36-34-32-30-23-21-19-17-15-13-11-9-7-2/h23-25,27-28,30,32,34,50-51H,6-22,26,29,31,33,35-49H2,1-5H3/b25-24+,28-27+,30-23+,34-32+. The molecule has 0 spiro atoms. The number of esters is 2. The molecule has 0 aliphatic carbocycles. The summed E-state index contributed by atoms with van der Waals surface area (Å²) in [6.07, 6.45) is 54.3. The number of likely N-dealkylation sites (N-methyl/N-ethyl adjacent to an activating group) is 1. The molecule has 2 unspecified atom stereocenters. The van der Waals surface area contributed by atoms with Crippen LogP contribution in [-0.4, -0.2) is 75.5 Å². The first kappa shape index (κ1) is 59.3. The Morgan fingerprint density at radius 2 is 0.903 bits per heavy atom. The lowest BCUT2D eigenvalue weighted by atomic mass is 10.1. The molecule has 0 amide bonds. The molecule has 0 aromatic carbocycles. The van der Waals surface area contributed by atoms with Gasteiger partial charge < -0.3 is 28.6 Å². The number of aliphatic carboxylic acids is 1. The zero-order chi connectivity index (χ0) is 45.6. The average molecular weight is 872 g/mol. The fraction of sp³-hybridized carbons (Fsp3) is 0.796. The minimum Gasteiger partial charge on any atom is -0.544 e. The van der Waals surface area contributed by atoms with Crippen molar-refractivity contribution in [2.45, 2.75) is 238 Å². The number of carbonyl (C=O) groups is 3. The van der Waals surface area contributed by atoms with Crippen molar-refractivity contribution in [2.24, 2.45) is 0 Å². The Labute approximate surface area is 382 Å². The van der Waals surface area contributed by atoms with Crippen molar-refractivity contribution in [1.82, 2.24) is 0 Å². The molecule has 0 radical (unpaired) electrons. The predicted molar refractivity (Wildman–Crippen MR) is 259 cm³/mol. The minimum absolute atomic E-state index is 0.0288. The van der Waals surface area contributed by atoms with Gasteiger partial charge in [-0.25, -0.2) is 0 Å². The SMILES string of the molecule is CCCCCCCCC/C=C/C=C/CCCCCC(=O)OCC(COCCC(C(=O)[O-])[N+](C)(C)C)OC(=O)CCCCCCCCC/C=C/C/C=C/CCCCCCCCCC. The van der Waals surface area contributed by atoms with Gasteiger partial charge in [-0.1, -0.05) is 184 Å². The quantitative estimate of drug-likeness (QED) is 0.0197. The number of allylic oxidation sites excluding steroid dienone is 8. The van der Waals surface area contributed by atoms with Crippen molar-refractivity contribution in [2.75, 3.05) is 41.0 Å². The number of hydrogen-bond donors (Lipinski definition) is 0. The number of unbranched alkanes of at least 4 members (excludes halogenated alkanes) is 25.